The van der Waals surface area contributed by atoms with Crippen LogP contribution in [0.2, 0.25) is 0 Å². The van der Waals surface area contributed by atoms with Gasteiger partial charge in [-0.15, -0.1) is 0 Å². The van der Waals surface area contributed by atoms with Gasteiger partial charge in [0.05, 0.1) is 0 Å². The van der Waals surface area contributed by atoms with E-state index in [0.717, 1.165) is 55.7 Å². The van der Waals surface area contributed by atoms with Gasteiger partial charge in [-0.05, 0) is 57.7 Å². The van der Waals surface area contributed by atoms with E-state index in [2.05, 4.69) is 25.9 Å². The number of carboxylic acids is 1. The van der Waals surface area contributed by atoms with E-state index >= 15 is 0 Å². The van der Waals surface area contributed by atoms with Crippen molar-refractivity contribution in [2.45, 2.75) is 57.8 Å². The fraction of sp³-hybridized carbons (Fsp3) is 0.455. The molecule has 192 valence electrons. The number of benzene rings is 1. The highest BCUT2D eigenvalue weighted by Gasteiger charge is 2.38. The van der Waals surface area contributed by atoms with E-state index in [4.69, 9.17) is 9.90 Å². The topological polar surface area (TPSA) is 116 Å². The summed E-state index contributed by atoms with van der Waals surface area (Å²) < 4.78 is 58.0. The van der Waals surface area contributed by atoms with Gasteiger partial charge < -0.3 is 21.1 Å². The molecule has 2 aromatic rings. The first kappa shape index (κ1) is 27.7. The molecule has 1 heterocycles. The molecule has 1 fully saturated rings. The molecular weight excluding hydrogens is 477 g/mol. The summed E-state index contributed by atoms with van der Waals surface area (Å²) in [5.41, 5.74) is 1.12. The van der Waals surface area contributed by atoms with Crippen molar-refractivity contribution in [3.05, 3.63) is 47.2 Å². The number of rotatable bonds is 6. The first-order valence-electron chi connectivity index (χ1n) is 10.8. The molecule has 1 aromatic heterocycles. The number of alkyl halides is 3. The summed E-state index contributed by atoms with van der Waals surface area (Å²) in [6.45, 7) is 4.77. The molecule has 3 rings (SSSR count). The zero-order valence-electron chi connectivity index (χ0n) is 19.0. The molecule has 1 aromatic carbocycles. The lowest BCUT2D eigenvalue weighted by Crippen LogP contribution is -2.40. The average molecular weight is 503 g/mol. The normalized spacial score (nSPS) is 17.6. The van der Waals surface area contributed by atoms with Crippen molar-refractivity contribution in [2.75, 3.05) is 17.2 Å². The third-order valence-corrected chi connectivity index (χ3v) is 5.14. The number of carbonyl (C=O) groups excluding carboxylic acids is 1. The van der Waals surface area contributed by atoms with Crippen molar-refractivity contribution in [3.8, 4) is 0 Å². The van der Waals surface area contributed by atoms with Crippen LogP contribution in [0.5, 0.6) is 0 Å². The number of hydrogen-bond donors (Lipinski definition) is 4. The number of aryl methyl sites for hydroxylation is 1. The predicted molar refractivity (Wildman–Crippen MR) is 118 cm³/mol. The van der Waals surface area contributed by atoms with Crippen LogP contribution in [0.3, 0.4) is 0 Å². The lowest BCUT2D eigenvalue weighted by atomic mass is 9.91. The van der Waals surface area contributed by atoms with Crippen molar-refractivity contribution in [2.24, 2.45) is 0 Å². The van der Waals surface area contributed by atoms with Crippen LogP contribution in [0.25, 0.3) is 0 Å². The molecule has 0 bridgehead atoms. The largest absolute Gasteiger partial charge is 0.490 e. The first-order chi connectivity index (χ1) is 16.4. The smallest absolute Gasteiger partial charge is 0.475 e. The molecule has 8 nitrogen and oxygen atoms in total. The summed E-state index contributed by atoms with van der Waals surface area (Å²) in [6, 6.07) is 3.42. The van der Waals surface area contributed by atoms with Crippen molar-refractivity contribution in [1.82, 2.24) is 15.3 Å². The molecule has 0 spiro atoms. The fourth-order valence-electron chi connectivity index (χ4n) is 3.33. The van der Waals surface area contributed by atoms with E-state index in [1.807, 2.05) is 13.8 Å². The number of nitrogens with one attached hydrogen (secondary N) is 3. The average Bonchev–Trinajstić information content (AvgIpc) is 2.79. The zero-order valence-corrected chi connectivity index (χ0v) is 19.0. The number of carboxylic acid groups (broad SMARTS) is 1. The number of carbonyl (C=O) groups is 2. The van der Waals surface area contributed by atoms with Crippen LogP contribution in [0.15, 0.2) is 24.4 Å². The lowest BCUT2D eigenvalue weighted by Gasteiger charge is -2.29. The van der Waals surface area contributed by atoms with E-state index in [1.54, 1.807) is 6.20 Å². The number of anilines is 2. The quantitative estimate of drug-likeness (QED) is 0.435. The van der Waals surface area contributed by atoms with Gasteiger partial charge in [0.1, 0.15) is 5.82 Å². The Morgan fingerprint density at radius 1 is 1.09 bits per heavy atom. The molecule has 0 aliphatic heterocycles. The van der Waals surface area contributed by atoms with Gasteiger partial charge in [-0.2, -0.15) is 18.2 Å². The Bertz CT molecular complexity index is 1030. The Morgan fingerprint density at radius 3 is 2.23 bits per heavy atom. The first-order valence-corrected chi connectivity index (χ1v) is 10.8. The van der Waals surface area contributed by atoms with Crippen molar-refractivity contribution >= 4 is 23.6 Å². The monoisotopic (exact) mass is 503 g/mol. The minimum absolute atomic E-state index is 0.00918. The highest BCUT2D eigenvalue weighted by atomic mass is 19.4. The number of halogens is 5. The maximum atomic E-state index is 13.3. The molecule has 1 aliphatic rings. The Hall–Kier alpha value is -3.51. The van der Waals surface area contributed by atoms with Gasteiger partial charge in [0, 0.05) is 36.0 Å². The van der Waals surface area contributed by atoms with Gasteiger partial charge in [-0.25, -0.2) is 18.6 Å². The molecule has 0 radical (unpaired) electrons. The lowest BCUT2D eigenvalue weighted by molar-refractivity contribution is -0.192. The van der Waals surface area contributed by atoms with E-state index in [0.29, 0.717) is 5.95 Å². The summed E-state index contributed by atoms with van der Waals surface area (Å²) in [5, 5.41) is 16.6. The van der Waals surface area contributed by atoms with Crippen LogP contribution < -0.4 is 16.0 Å². The number of hydrogen-bond acceptors (Lipinski definition) is 6. The summed E-state index contributed by atoms with van der Waals surface area (Å²) in [6.07, 6.45) is 0.00598. The van der Waals surface area contributed by atoms with Crippen LogP contribution in [0.4, 0.5) is 33.7 Å². The van der Waals surface area contributed by atoms with Gasteiger partial charge in [0.2, 0.25) is 5.95 Å². The standard InChI is InChI=1S/C20H25F2N5O.C2HF3O2/c1-3-23-18-12(2)11-24-20(27-18)26-15-7-5-14(6-8-15)25-19(28)13-4-9-16(21)17(22)10-13;3-2(4,5)1(6)7/h4,9-11,14-15H,3,5-8H2,1-2H3,(H,25,28)(H2,23,24,26,27);(H,6,7). The fourth-order valence-corrected chi connectivity index (χ4v) is 3.33. The Labute approximate surface area is 198 Å². The van der Waals surface area contributed by atoms with Crippen molar-refractivity contribution in [3.63, 3.8) is 0 Å². The molecule has 0 saturated heterocycles. The number of aliphatic carboxylic acids is 1. The highest BCUT2D eigenvalue weighted by Crippen LogP contribution is 2.23. The Balaban J connectivity index is 0.000000540. The molecular formula is C22H26F5N5O3. The number of aromatic nitrogens is 2. The predicted octanol–water partition coefficient (Wildman–Crippen LogP) is 4.28. The summed E-state index contributed by atoms with van der Waals surface area (Å²) in [4.78, 5) is 30.0. The maximum Gasteiger partial charge on any atom is 0.490 e. The van der Waals surface area contributed by atoms with Gasteiger partial charge in [-0.3, -0.25) is 4.79 Å². The van der Waals surface area contributed by atoms with E-state index in [9.17, 15) is 26.7 Å². The van der Waals surface area contributed by atoms with E-state index in [1.165, 1.54) is 6.07 Å². The number of nitrogens with zero attached hydrogens (tertiary/aromatic N) is 2. The Kier molecular flexibility index (Phi) is 9.72. The maximum absolute atomic E-state index is 13.3. The third-order valence-electron chi connectivity index (χ3n) is 5.14. The second kappa shape index (κ2) is 12.3. The van der Waals surface area contributed by atoms with Crippen LogP contribution in [-0.4, -0.2) is 51.8 Å². The molecule has 1 aliphatic carbocycles. The minimum Gasteiger partial charge on any atom is -0.475 e. The zero-order chi connectivity index (χ0) is 26.2. The molecule has 1 saturated carbocycles. The second-order valence-corrected chi connectivity index (χ2v) is 7.85. The summed E-state index contributed by atoms with van der Waals surface area (Å²) >= 11 is 0. The van der Waals surface area contributed by atoms with Crippen LogP contribution >= 0.6 is 0 Å². The van der Waals surface area contributed by atoms with E-state index in [-0.39, 0.29) is 23.6 Å². The number of amides is 1. The van der Waals surface area contributed by atoms with Crippen LogP contribution in [0.1, 0.15) is 48.5 Å². The minimum atomic E-state index is -5.08. The van der Waals surface area contributed by atoms with Crippen LogP contribution in [-0.2, 0) is 4.79 Å². The Morgan fingerprint density at radius 2 is 1.69 bits per heavy atom. The van der Waals surface area contributed by atoms with Gasteiger partial charge in [0.25, 0.3) is 5.91 Å². The molecule has 1 amide bonds. The molecule has 35 heavy (non-hydrogen) atoms. The summed E-state index contributed by atoms with van der Waals surface area (Å²) in [7, 11) is 0. The van der Waals surface area contributed by atoms with Crippen molar-refractivity contribution in [1.29, 1.82) is 0 Å². The third kappa shape index (κ3) is 8.65. The van der Waals surface area contributed by atoms with E-state index < -0.39 is 23.8 Å². The van der Waals surface area contributed by atoms with Crippen LogP contribution in [0, 0.1) is 18.6 Å². The molecule has 4 N–H and O–H groups in total. The highest BCUT2D eigenvalue weighted by molar-refractivity contribution is 5.94. The SMILES string of the molecule is CCNc1nc(NC2CCC(NC(=O)c3ccc(F)c(F)c3)CC2)ncc1C.O=C(O)C(F)(F)F. The molecule has 0 atom stereocenters. The molecule has 0 unspecified atom stereocenters. The second-order valence-electron chi connectivity index (χ2n) is 7.85. The van der Waals surface area contributed by atoms with Gasteiger partial charge in [0.15, 0.2) is 11.6 Å². The van der Waals surface area contributed by atoms with Crippen molar-refractivity contribution < 1.29 is 36.6 Å². The van der Waals surface area contributed by atoms with Gasteiger partial charge >= 0.3 is 12.1 Å². The molecule has 13 heteroatoms. The summed E-state index contributed by atoms with van der Waals surface area (Å²) in [5.74, 6) is -3.70. The van der Waals surface area contributed by atoms with Gasteiger partial charge in [-0.1, -0.05) is 0 Å².